The molecule has 0 aliphatic heterocycles. The van der Waals surface area contributed by atoms with E-state index < -0.39 is 5.54 Å². The van der Waals surface area contributed by atoms with E-state index in [1.165, 1.54) is 0 Å². The highest BCUT2D eigenvalue weighted by atomic mass is 16.1. The third-order valence-electron chi connectivity index (χ3n) is 2.66. The molecule has 1 aromatic rings. The number of carbonyl (C=O) groups is 1. The Balaban J connectivity index is 2.82. The van der Waals surface area contributed by atoms with E-state index in [0.29, 0.717) is 11.4 Å². The van der Waals surface area contributed by atoms with Gasteiger partial charge < -0.3 is 10.6 Å². The summed E-state index contributed by atoms with van der Waals surface area (Å²) < 4.78 is 0. The van der Waals surface area contributed by atoms with Gasteiger partial charge in [0, 0.05) is 12.7 Å². The summed E-state index contributed by atoms with van der Waals surface area (Å²) in [6.07, 6.45) is 9.16. The number of nitrogens with zero attached hydrogens (tertiary/aromatic N) is 1. The zero-order chi connectivity index (χ0) is 14.3. The van der Waals surface area contributed by atoms with Gasteiger partial charge in [0.25, 0.3) is 5.91 Å². The van der Waals surface area contributed by atoms with Crippen molar-refractivity contribution >= 4 is 11.7 Å². The van der Waals surface area contributed by atoms with Crippen molar-refractivity contribution in [2.24, 2.45) is 0 Å². The van der Waals surface area contributed by atoms with Crippen LogP contribution in [0.5, 0.6) is 0 Å². The fraction of sp³-hybridized carbons (Fsp3) is 0.467. The number of amides is 1. The quantitative estimate of drug-likeness (QED) is 0.609. The number of carbonyl (C=O) groups excluding carboxylic acids is 1. The van der Waals surface area contributed by atoms with Gasteiger partial charge in [-0.25, -0.2) is 4.98 Å². The first kappa shape index (κ1) is 15.0. The van der Waals surface area contributed by atoms with Crippen molar-refractivity contribution in [2.45, 2.75) is 39.2 Å². The van der Waals surface area contributed by atoms with Crippen molar-refractivity contribution in [1.29, 1.82) is 0 Å². The third kappa shape index (κ3) is 4.63. The fourth-order valence-corrected chi connectivity index (χ4v) is 1.50. The van der Waals surface area contributed by atoms with Crippen molar-refractivity contribution < 1.29 is 4.79 Å². The number of rotatable bonds is 6. The molecule has 0 fully saturated rings. The van der Waals surface area contributed by atoms with Gasteiger partial charge in [0.15, 0.2) is 0 Å². The molecule has 0 aliphatic carbocycles. The van der Waals surface area contributed by atoms with E-state index in [1.54, 1.807) is 32.2 Å². The lowest BCUT2D eigenvalue weighted by atomic mass is 10.1. The van der Waals surface area contributed by atoms with Crippen molar-refractivity contribution in [2.75, 3.05) is 11.9 Å². The van der Waals surface area contributed by atoms with Crippen LogP contribution >= 0.6 is 0 Å². The largest absolute Gasteiger partial charge is 0.369 e. The monoisotopic (exact) mass is 259 g/mol. The Hall–Kier alpha value is -2.02. The van der Waals surface area contributed by atoms with Crippen LogP contribution in [0.1, 0.15) is 44.0 Å². The SMILES string of the molecule is C#CC(C)(C)NC(=O)c1cccnc1NCCCC. The molecule has 0 atom stereocenters. The van der Waals surface area contributed by atoms with E-state index in [-0.39, 0.29) is 5.91 Å². The van der Waals surface area contributed by atoms with Crippen LogP contribution in [0, 0.1) is 12.3 Å². The van der Waals surface area contributed by atoms with E-state index in [1.807, 2.05) is 0 Å². The van der Waals surface area contributed by atoms with Gasteiger partial charge in [0.2, 0.25) is 0 Å². The maximum atomic E-state index is 12.2. The molecular formula is C15H21N3O. The summed E-state index contributed by atoms with van der Waals surface area (Å²) in [7, 11) is 0. The van der Waals surface area contributed by atoms with E-state index in [4.69, 9.17) is 6.42 Å². The first-order chi connectivity index (χ1) is 9.00. The van der Waals surface area contributed by atoms with Gasteiger partial charge >= 0.3 is 0 Å². The van der Waals surface area contributed by atoms with Crippen LogP contribution in [-0.2, 0) is 0 Å². The summed E-state index contributed by atoms with van der Waals surface area (Å²) in [5.74, 6) is 2.93. The molecule has 0 saturated heterocycles. The minimum atomic E-state index is -0.673. The van der Waals surface area contributed by atoms with Gasteiger partial charge in [-0.05, 0) is 32.4 Å². The van der Waals surface area contributed by atoms with Crippen LogP contribution in [0.15, 0.2) is 18.3 Å². The zero-order valence-corrected chi connectivity index (χ0v) is 11.8. The molecule has 0 unspecified atom stereocenters. The Morgan fingerprint density at radius 2 is 2.26 bits per heavy atom. The summed E-state index contributed by atoms with van der Waals surface area (Å²) in [5, 5.41) is 5.97. The Kier molecular flexibility index (Phi) is 5.37. The summed E-state index contributed by atoms with van der Waals surface area (Å²) in [6.45, 7) is 6.48. The molecule has 0 saturated carbocycles. The summed E-state index contributed by atoms with van der Waals surface area (Å²) in [4.78, 5) is 16.4. The third-order valence-corrected chi connectivity index (χ3v) is 2.66. The first-order valence-electron chi connectivity index (χ1n) is 6.49. The van der Waals surface area contributed by atoms with Gasteiger partial charge in [-0.15, -0.1) is 6.42 Å². The highest BCUT2D eigenvalue weighted by Gasteiger charge is 2.20. The second kappa shape index (κ2) is 6.79. The minimum Gasteiger partial charge on any atom is -0.369 e. The van der Waals surface area contributed by atoms with Crippen molar-refractivity contribution in [3.05, 3.63) is 23.9 Å². The van der Waals surface area contributed by atoms with Gasteiger partial charge in [-0.2, -0.15) is 0 Å². The topological polar surface area (TPSA) is 54.0 Å². The fourth-order valence-electron chi connectivity index (χ4n) is 1.50. The number of pyridine rings is 1. The lowest BCUT2D eigenvalue weighted by Gasteiger charge is -2.20. The number of nitrogens with one attached hydrogen (secondary N) is 2. The lowest BCUT2D eigenvalue weighted by molar-refractivity contribution is 0.0930. The standard InChI is InChI=1S/C15H21N3O/c1-5-7-10-16-13-12(9-8-11-17-13)14(19)18-15(3,4)6-2/h2,8-9,11H,5,7,10H2,1,3-4H3,(H,16,17)(H,18,19). The van der Waals surface area contributed by atoms with Crippen molar-refractivity contribution in [3.8, 4) is 12.3 Å². The zero-order valence-electron chi connectivity index (χ0n) is 11.8. The highest BCUT2D eigenvalue weighted by Crippen LogP contribution is 2.13. The van der Waals surface area contributed by atoms with Crippen LogP contribution in [0.2, 0.25) is 0 Å². The van der Waals surface area contributed by atoms with Gasteiger partial charge in [-0.3, -0.25) is 4.79 Å². The molecule has 0 aromatic carbocycles. The molecule has 0 spiro atoms. The van der Waals surface area contributed by atoms with E-state index in [0.717, 1.165) is 19.4 Å². The minimum absolute atomic E-state index is 0.213. The molecule has 19 heavy (non-hydrogen) atoms. The number of anilines is 1. The average molecular weight is 259 g/mol. The molecule has 0 aliphatic rings. The molecule has 1 aromatic heterocycles. The van der Waals surface area contributed by atoms with Crippen molar-refractivity contribution in [3.63, 3.8) is 0 Å². The Morgan fingerprint density at radius 1 is 1.53 bits per heavy atom. The lowest BCUT2D eigenvalue weighted by Crippen LogP contribution is -2.42. The molecule has 0 bridgehead atoms. The van der Waals surface area contributed by atoms with Crippen LogP contribution in [0.3, 0.4) is 0 Å². The molecule has 1 heterocycles. The summed E-state index contributed by atoms with van der Waals surface area (Å²) in [6, 6.07) is 3.48. The molecule has 2 N–H and O–H groups in total. The van der Waals surface area contributed by atoms with Gasteiger partial charge in [-0.1, -0.05) is 19.3 Å². The van der Waals surface area contributed by atoms with Crippen LogP contribution in [0.25, 0.3) is 0 Å². The van der Waals surface area contributed by atoms with Crippen LogP contribution < -0.4 is 10.6 Å². The molecular weight excluding hydrogens is 238 g/mol. The molecule has 4 heteroatoms. The number of unbranched alkanes of at least 4 members (excludes halogenated alkanes) is 1. The molecule has 4 nitrogen and oxygen atoms in total. The molecule has 102 valence electrons. The smallest absolute Gasteiger partial charge is 0.256 e. The molecule has 0 radical (unpaired) electrons. The second-order valence-electron chi connectivity index (χ2n) is 4.90. The van der Waals surface area contributed by atoms with Crippen LogP contribution in [-0.4, -0.2) is 23.0 Å². The Morgan fingerprint density at radius 3 is 2.89 bits per heavy atom. The predicted octanol–water partition coefficient (Wildman–Crippen LogP) is 2.44. The Labute approximate surface area is 115 Å². The van der Waals surface area contributed by atoms with Crippen LogP contribution in [0.4, 0.5) is 5.82 Å². The number of hydrogen-bond acceptors (Lipinski definition) is 3. The number of terminal acetylenes is 1. The average Bonchev–Trinajstić information content (AvgIpc) is 2.39. The molecule has 1 amide bonds. The Bertz CT molecular complexity index is 475. The van der Waals surface area contributed by atoms with E-state index in [9.17, 15) is 4.79 Å². The normalized spacial score (nSPS) is 10.6. The summed E-state index contributed by atoms with van der Waals surface area (Å²) >= 11 is 0. The second-order valence-corrected chi connectivity index (χ2v) is 4.90. The van der Waals surface area contributed by atoms with Crippen molar-refractivity contribution in [1.82, 2.24) is 10.3 Å². The number of aromatic nitrogens is 1. The maximum absolute atomic E-state index is 12.2. The van der Waals surface area contributed by atoms with E-state index >= 15 is 0 Å². The summed E-state index contributed by atoms with van der Waals surface area (Å²) in [5.41, 5.74) is -0.157. The number of hydrogen-bond donors (Lipinski definition) is 2. The van der Waals surface area contributed by atoms with E-state index in [2.05, 4.69) is 28.5 Å². The van der Waals surface area contributed by atoms with Gasteiger partial charge in [0.05, 0.1) is 11.1 Å². The highest BCUT2D eigenvalue weighted by molar-refractivity contribution is 5.99. The maximum Gasteiger partial charge on any atom is 0.256 e. The predicted molar refractivity (Wildman–Crippen MR) is 78.0 cm³/mol. The first-order valence-corrected chi connectivity index (χ1v) is 6.49. The van der Waals surface area contributed by atoms with Gasteiger partial charge in [0.1, 0.15) is 5.82 Å². The molecule has 1 rings (SSSR count).